The maximum Gasteiger partial charge on any atom is 0.124 e. The lowest BCUT2D eigenvalue weighted by Gasteiger charge is -2.26. The van der Waals surface area contributed by atoms with Crippen molar-refractivity contribution in [3.05, 3.63) is 88.0 Å². The minimum Gasteiger partial charge on any atom is -0.496 e. The summed E-state index contributed by atoms with van der Waals surface area (Å²) in [6, 6.07) is 23.5. The first-order valence-corrected chi connectivity index (χ1v) is 10.3. The molecule has 1 atom stereocenters. The van der Waals surface area contributed by atoms with Crippen LogP contribution < -0.4 is 10.1 Å². The second kappa shape index (κ2) is 7.12. The van der Waals surface area contributed by atoms with Gasteiger partial charge in [-0.3, -0.25) is 0 Å². The Labute approximate surface area is 172 Å². The van der Waals surface area contributed by atoms with E-state index in [2.05, 4.69) is 86.9 Å². The summed E-state index contributed by atoms with van der Waals surface area (Å²) < 4.78 is 6.85. The molecule has 0 aliphatic carbocycles. The molecule has 0 radical (unpaired) electrons. The molecular formula is C24H21BrN2O. The zero-order chi connectivity index (χ0) is 19.1. The number of hydrogen-bond donors (Lipinski definition) is 2. The van der Waals surface area contributed by atoms with Gasteiger partial charge in [-0.25, -0.2) is 0 Å². The second-order valence-corrected chi connectivity index (χ2v) is 8.08. The summed E-state index contributed by atoms with van der Waals surface area (Å²) in [4.78, 5) is 3.66. The Kier molecular flexibility index (Phi) is 4.46. The van der Waals surface area contributed by atoms with E-state index in [4.69, 9.17) is 4.74 Å². The molecule has 1 aromatic heterocycles. The lowest BCUT2D eigenvalue weighted by molar-refractivity contribution is 0.402. The highest BCUT2D eigenvalue weighted by atomic mass is 79.9. The van der Waals surface area contributed by atoms with Gasteiger partial charge < -0.3 is 15.0 Å². The molecule has 1 aliphatic heterocycles. The van der Waals surface area contributed by atoms with E-state index in [9.17, 15) is 0 Å². The van der Waals surface area contributed by atoms with E-state index in [-0.39, 0.29) is 6.04 Å². The molecule has 0 saturated heterocycles. The van der Waals surface area contributed by atoms with Crippen molar-refractivity contribution >= 4 is 26.8 Å². The predicted octanol–water partition coefficient (Wildman–Crippen LogP) is 5.84. The number of aromatic amines is 1. The maximum atomic E-state index is 5.74. The van der Waals surface area contributed by atoms with Crippen molar-refractivity contribution in [1.29, 1.82) is 0 Å². The Bertz CT molecular complexity index is 1150. The van der Waals surface area contributed by atoms with Crippen LogP contribution in [0.1, 0.15) is 22.9 Å². The first-order valence-electron chi connectivity index (χ1n) is 9.51. The monoisotopic (exact) mass is 432 g/mol. The lowest BCUT2D eigenvalue weighted by atomic mass is 9.91. The van der Waals surface area contributed by atoms with Crippen molar-refractivity contribution in [1.82, 2.24) is 10.3 Å². The summed E-state index contributed by atoms with van der Waals surface area (Å²) in [7, 11) is 1.74. The molecule has 0 saturated carbocycles. The molecule has 4 aromatic rings. The molecule has 2 N–H and O–H groups in total. The fourth-order valence-corrected chi connectivity index (χ4v) is 4.60. The van der Waals surface area contributed by atoms with Crippen molar-refractivity contribution < 1.29 is 4.74 Å². The summed E-state index contributed by atoms with van der Waals surface area (Å²) in [6.07, 6.45) is 1.02. The predicted molar refractivity (Wildman–Crippen MR) is 118 cm³/mol. The summed E-state index contributed by atoms with van der Waals surface area (Å²) in [5, 5.41) is 5.00. The van der Waals surface area contributed by atoms with Gasteiger partial charge in [-0.1, -0.05) is 52.3 Å². The van der Waals surface area contributed by atoms with E-state index < -0.39 is 0 Å². The molecule has 0 bridgehead atoms. The number of methoxy groups -OCH3 is 1. The number of halogens is 1. The number of aromatic nitrogens is 1. The Morgan fingerprint density at radius 3 is 2.64 bits per heavy atom. The van der Waals surface area contributed by atoms with Gasteiger partial charge in [0.25, 0.3) is 0 Å². The fraction of sp³-hybridized carbons (Fsp3) is 0.167. The summed E-state index contributed by atoms with van der Waals surface area (Å²) >= 11 is 3.61. The molecule has 3 nitrogen and oxygen atoms in total. The maximum absolute atomic E-state index is 5.74. The van der Waals surface area contributed by atoms with Gasteiger partial charge in [-0.05, 0) is 53.4 Å². The van der Waals surface area contributed by atoms with Crippen molar-refractivity contribution in [3.8, 4) is 16.9 Å². The number of hydrogen-bond acceptors (Lipinski definition) is 2. The van der Waals surface area contributed by atoms with Crippen LogP contribution in [0.5, 0.6) is 5.75 Å². The second-order valence-electron chi connectivity index (χ2n) is 7.17. The van der Waals surface area contributed by atoms with Crippen molar-refractivity contribution in [3.63, 3.8) is 0 Å². The molecule has 0 amide bonds. The highest BCUT2D eigenvalue weighted by Gasteiger charge is 2.27. The average Bonchev–Trinajstić information content (AvgIpc) is 3.12. The molecular weight excluding hydrogens is 412 g/mol. The third kappa shape index (κ3) is 2.93. The SMILES string of the molecule is COc1ccc(-c2ccccc2)cc1C1NCCc2c1[nH]c1ccc(Br)cc21. The van der Waals surface area contributed by atoms with Gasteiger partial charge in [0.15, 0.2) is 0 Å². The van der Waals surface area contributed by atoms with Crippen LogP contribution in [0.15, 0.2) is 71.2 Å². The Hall–Kier alpha value is -2.56. The van der Waals surface area contributed by atoms with E-state index in [0.29, 0.717) is 0 Å². The van der Waals surface area contributed by atoms with Gasteiger partial charge in [0.05, 0.1) is 13.2 Å². The number of nitrogens with one attached hydrogen (secondary N) is 2. The number of benzene rings is 3. The van der Waals surface area contributed by atoms with Crippen LogP contribution in [0.25, 0.3) is 22.0 Å². The van der Waals surface area contributed by atoms with Gasteiger partial charge in [-0.15, -0.1) is 0 Å². The van der Waals surface area contributed by atoms with Gasteiger partial charge in [-0.2, -0.15) is 0 Å². The van der Waals surface area contributed by atoms with E-state index in [1.165, 1.54) is 33.3 Å². The minimum atomic E-state index is 0.0773. The highest BCUT2D eigenvalue weighted by Crippen LogP contribution is 2.39. The smallest absolute Gasteiger partial charge is 0.124 e. The zero-order valence-corrected chi connectivity index (χ0v) is 17.2. The van der Waals surface area contributed by atoms with Gasteiger partial charge in [0.2, 0.25) is 0 Å². The highest BCUT2D eigenvalue weighted by molar-refractivity contribution is 9.10. The quantitative estimate of drug-likeness (QED) is 0.426. The first kappa shape index (κ1) is 17.5. The summed E-state index contributed by atoms with van der Waals surface area (Å²) in [5.74, 6) is 0.907. The van der Waals surface area contributed by atoms with Crippen molar-refractivity contribution in [2.24, 2.45) is 0 Å². The topological polar surface area (TPSA) is 37.0 Å². The molecule has 140 valence electrons. The van der Waals surface area contributed by atoms with Crippen LogP contribution in [0.2, 0.25) is 0 Å². The molecule has 5 rings (SSSR count). The molecule has 0 fully saturated rings. The van der Waals surface area contributed by atoms with Crippen LogP contribution in [-0.2, 0) is 6.42 Å². The molecule has 2 heterocycles. The van der Waals surface area contributed by atoms with E-state index in [1.807, 2.05) is 6.07 Å². The number of ether oxygens (including phenoxy) is 1. The van der Waals surface area contributed by atoms with Gasteiger partial charge in [0, 0.05) is 33.2 Å². The minimum absolute atomic E-state index is 0.0773. The van der Waals surface area contributed by atoms with Crippen LogP contribution in [0.4, 0.5) is 0 Å². The number of H-pyrrole nitrogens is 1. The van der Waals surface area contributed by atoms with Crippen LogP contribution in [0.3, 0.4) is 0 Å². The fourth-order valence-electron chi connectivity index (χ4n) is 4.24. The molecule has 1 unspecified atom stereocenters. The summed E-state index contributed by atoms with van der Waals surface area (Å²) in [6.45, 7) is 0.940. The largest absolute Gasteiger partial charge is 0.496 e. The molecule has 28 heavy (non-hydrogen) atoms. The number of fused-ring (bicyclic) bond motifs is 3. The van der Waals surface area contributed by atoms with Crippen LogP contribution >= 0.6 is 15.9 Å². The zero-order valence-electron chi connectivity index (χ0n) is 15.6. The third-order valence-electron chi connectivity index (χ3n) is 5.56. The lowest BCUT2D eigenvalue weighted by Crippen LogP contribution is -2.30. The van der Waals surface area contributed by atoms with Gasteiger partial charge >= 0.3 is 0 Å². The van der Waals surface area contributed by atoms with E-state index in [0.717, 1.165) is 28.8 Å². The number of rotatable bonds is 3. The first-order chi connectivity index (χ1) is 13.7. The Morgan fingerprint density at radius 2 is 1.82 bits per heavy atom. The molecule has 1 aliphatic rings. The standard InChI is InChI=1S/C24H21BrN2O/c1-28-22-10-7-16(15-5-3-2-4-6-15)13-20(22)23-24-18(11-12-26-23)19-14-17(25)8-9-21(19)27-24/h2-10,13-14,23,26-27H,11-12H2,1H3. The van der Waals surface area contributed by atoms with E-state index >= 15 is 0 Å². The summed E-state index contributed by atoms with van der Waals surface area (Å²) in [5.41, 5.74) is 7.39. The molecule has 4 heteroatoms. The Balaban J connectivity index is 1.67. The third-order valence-corrected chi connectivity index (χ3v) is 6.05. The van der Waals surface area contributed by atoms with Crippen molar-refractivity contribution in [2.45, 2.75) is 12.5 Å². The van der Waals surface area contributed by atoms with Gasteiger partial charge in [0.1, 0.15) is 5.75 Å². The van der Waals surface area contributed by atoms with Crippen LogP contribution in [0, 0.1) is 0 Å². The normalized spacial score (nSPS) is 16.1. The van der Waals surface area contributed by atoms with Crippen molar-refractivity contribution in [2.75, 3.05) is 13.7 Å². The van der Waals surface area contributed by atoms with E-state index in [1.54, 1.807) is 7.11 Å². The average molecular weight is 433 g/mol. The Morgan fingerprint density at radius 1 is 0.964 bits per heavy atom. The molecule has 0 spiro atoms. The van der Waals surface area contributed by atoms with Crippen LogP contribution in [-0.4, -0.2) is 18.6 Å². The molecule has 3 aromatic carbocycles.